The molecule has 0 radical (unpaired) electrons. The number of benzene rings is 2. The molecule has 0 saturated heterocycles. The predicted molar refractivity (Wildman–Crippen MR) is 129 cm³/mol. The minimum absolute atomic E-state index is 0.0319. The molecule has 164 valence electrons. The highest BCUT2D eigenvalue weighted by molar-refractivity contribution is 6.07. The number of H-pyrrole nitrogens is 1. The first-order valence-corrected chi connectivity index (χ1v) is 11.0. The zero-order valence-corrected chi connectivity index (χ0v) is 18.6. The van der Waals surface area contributed by atoms with Crippen molar-refractivity contribution in [1.82, 2.24) is 9.88 Å². The minimum Gasteiger partial charge on any atom is -0.494 e. The van der Waals surface area contributed by atoms with Crippen molar-refractivity contribution in [3.8, 4) is 5.75 Å². The lowest BCUT2D eigenvalue weighted by Crippen LogP contribution is -2.26. The summed E-state index contributed by atoms with van der Waals surface area (Å²) in [6, 6.07) is 15.4. The molecule has 0 bridgehead atoms. The van der Waals surface area contributed by atoms with Gasteiger partial charge in [0, 0.05) is 41.9 Å². The summed E-state index contributed by atoms with van der Waals surface area (Å²) >= 11 is 0. The van der Waals surface area contributed by atoms with Crippen LogP contribution >= 0.6 is 0 Å². The first-order chi connectivity index (χ1) is 15.1. The van der Waals surface area contributed by atoms with Crippen molar-refractivity contribution >= 4 is 22.5 Å². The highest BCUT2D eigenvalue weighted by Gasteiger charge is 2.14. The van der Waals surface area contributed by atoms with E-state index < -0.39 is 0 Å². The van der Waals surface area contributed by atoms with Crippen molar-refractivity contribution in [1.29, 1.82) is 0 Å². The van der Waals surface area contributed by atoms with Crippen LogP contribution in [0.3, 0.4) is 0 Å². The normalized spacial score (nSPS) is 11.1. The Balaban J connectivity index is 1.42. The van der Waals surface area contributed by atoms with Crippen molar-refractivity contribution in [2.24, 2.45) is 0 Å². The Kier molecular flexibility index (Phi) is 8.30. The molecule has 0 spiro atoms. The number of nitrogens with zero attached hydrogens (tertiary/aromatic N) is 2. The van der Waals surface area contributed by atoms with Gasteiger partial charge in [-0.25, -0.2) is 0 Å². The topological polar surface area (TPSA) is 48.6 Å². The van der Waals surface area contributed by atoms with E-state index in [-0.39, 0.29) is 5.91 Å². The highest BCUT2D eigenvalue weighted by Crippen LogP contribution is 2.22. The van der Waals surface area contributed by atoms with Crippen LogP contribution in [0.25, 0.3) is 10.9 Å². The van der Waals surface area contributed by atoms with Crippen molar-refractivity contribution in [2.45, 2.75) is 25.7 Å². The second-order valence-electron chi connectivity index (χ2n) is 7.95. The number of ether oxygens (including phenoxy) is 1. The lowest BCUT2D eigenvalue weighted by Gasteiger charge is -2.18. The molecule has 0 aliphatic carbocycles. The van der Waals surface area contributed by atoms with Crippen LogP contribution in [0.5, 0.6) is 5.75 Å². The van der Waals surface area contributed by atoms with Crippen LogP contribution in [0.15, 0.2) is 67.4 Å². The largest absolute Gasteiger partial charge is 0.494 e. The van der Waals surface area contributed by atoms with Gasteiger partial charge in [-0.2, -0.15) is 0 Å². The number of anilines is 1. The number of carbonyl (C=O) groups excluding carboxylic acids is 1. The van der Waals surface area contributed by atoms with Gasteiger partial charge in [-0.15, -0.1) is 6.58 Å². The van der Waals surface area contributed by atoms with E-state index >= 15 is 0 Å². The number of hydrogen-bond acceptors (Lipinski definition) is 3. The van der Waals surface area contributed by atoms with Gasteiger partial charge in [-0.1, -0.05) is 18.9 Å². The fourth-order valence-corrected chi connectivity index (χ4v) is 3.60. The van der Waals surface area contributed by atoms with Crippen LogP contribution < -0.4 is 9.64 Å². The Bertz CT molecular complexity index is 978. The van der Waals surface area contributed by atoms with Gasteiger partial charge in [-0.3, -0.25) is 4.79 Å². The first kappa shape index (κ1) is 22.6. The van der Waals surface area contributed by atoms with Gasteiger partial charge >= 0.3 is 0 Å². The van der Waals surface area contributed by atoms with Crippen LogP contribution in [-0.2, 0) is 0 Å². The van der Waals surface area contributed by atoms with Gasteiger partial charge in [0.25, 0.3) is 5.91 Å². The van der Waals surface area contributed by atoms with E-state index in [4.69, 9.17) is 4.74 Å². The van der Waals surface area contributed by atoms with Crippen LogP contribution in [-0.4, -0.2) is 49.6 Å². The van der Waals surface area contributed by atoms with E-state index in [1.165, 1.54) is 19.3 Å². The van der Waals surface area contributed by atoms with Gasteiger partial charge in [0.05, 0.1) is 6.61 Å². The Morgan fingerprint density at radius 3 is 2.58 bits per heavy atom. The number of nitrogens with one attached hydrogen (secondary N) is 1. The number of unbranched alkanes of at least 4 members (excludes halogenated alkanes) is 3. The first-order valence-electron chi connectivity index (χ1n) is 11.0. The van der Waals surface area contributed by atoms with E-state index in [1.807, 2.05) is 60.8 Å². The van der Waals surface area contributed by atoms with Crippen LogP contribution in [0.1, 0.15) is 36.0 Å². The number of carbonyl (C=O) groups is 1. The van der Waals surface area contributed by atoms with E-state index in [9.17, 15) is 4.79 Å². The van der Waals surface area contributed by atoms with E-state index in [2.05, 4.69) is 23.5 Å². The molecule has 1 aromatic heterocycles. The molecule has 5 heteroatoms. The fourth-order valence-electron chi connectivity index (χ4n) is 3.60. The second kappa shape index (κ2) is 11.4. The number of amides is 1. The summed E-state index contributed by atoms with van der Waals surface area (Å²) in [5.74, 6) is 0.805. The van der Waals surface area contributed by atoms with Gasteiger partial charge in [0.1, 0.15) is 5.75 Å². The highest BCUT2D eigenvalue weighted by atomic mass is 16.5. The van der Waals surface area contributed by atoms with Gasteiger partial charge in [0.2, 0.25) is 0 Å². The maximum atomic E-state index is 12.8. The fraction of sp³-hybridized carbons (Fsp3) is 0.346. The molecule has 1 amide bonds. The molecule has 31 heavy (non-hydrogen) atoms. The number of likely N-dealkylation sites (N-methyl/N-ethyl adjacent to an activating group) is 1. The maximum Gasteiger partial charge on any atom is 0.258 e. The van der Waals surface area contributed by atoms with E-state index in [1.54, 1.807) is 11.9 Å². The summed E-state index contributed by atoms with van der Waals surface area (Å²) in [5, 5.41) is 1.03. The third-order valence-electron chi connectivity index (χ3n) is 5.47. The molecular weight excluding hydrogens is 386 g/mol. The number of fused-ring (bicyclic) bond motifs is 1. The average Bonchev–Trinajstić information content (AvgIpc) is 3.26. The summed E-state index contributed by atoms with van der Waals surface area (Å²) in [6.07, 6.45) is 8.46. The van der Waals surface area contributed by atoms with E-state index in [0.29, 0.717) is 12.2 Å². The summed E-state index contributed by atoms with van der Waals surface area (Å²) in [7, 11) is 3.92. The lowest BCUT2D eigenvalue weighted by molar-refractivity contribution is 0.0993. The monoisotopic (exact) mass is 419 g/mol. The molecule has 1 N–H and O–H groups in total. The maximum absolute atomic E-state index is 12.8. The molecule has 0 unspecified atom stereocenters. The number of aromatic amines is 1. The van der Waals surface area contributed by atoms with Gasteiger partial charge in [0.15, 0.2) is 0 Å². The number of rotatable bonds is 12. The van der Waals surface area contributed by atoms with Gasteiger partial charge < -0.3 is 19.5 Å². The smallest absolute Gasteiger partial charge is 0.258 e. The predicted octanol–water partition coefficient (Wildman–Crippen LogP) is 5.50. The molecule has 5 nitrogen and oxygen atoms in total. The molecule has 0 aliphatic rings. The zero-order valence-electron chi connectivity index (χ0n) is 18.6. The Hall–Kier alpha value is -3.05. The minimum atomic E-state index is -0.0319. The summed E-state index contributed by atoms with van der Waals surface area (Å²) in [6.45, 7) is 6.54. The quantitative estimate of drug-likeness (QED) is 0.311. The third-order valence-corrected chi connectivity index (χ3v) is 5.47. The molecule has 2 aromatic carbocycles. The Labute approximate surface area is 185 Å². The molecule has 1 heterocycles. The Morgan fingerprint density at radius 2 is 1.81 bits per heavy atom. The lowest BCUT2D eigenvalue weighted by atomic mass is 10.1. The SMILES string of the molecule is C=CCN(C)CCCCCCOc1ccc(N(C)C(=O)c2ccc3[nH]ccc3c2)cc1. The molecule has 3 rings (SSSR count). The summed E-state index contributed by atoms with van der Waals surface area (Å²) < 4.78 is 5.86. The van der Waals surface area contributed by atoms with Crippen molar-refractivity contribution < 1.29 is 9.53 Å². The Morgan fingerprint density at radius 1 is 1.03 bits per heavy atom. The van der Waals surface area contributed by atoms with Crippen LogP contribution in [0.2, 0.25) is 0 Å². The second-order valence-corrected chi connectivity index (χ2v) is 7.95. The van der Waals surface area contributed by atoms with Crippen molar-refractivity contribution in [3.63, 3.8) is 0 Å². The zero-order chi connectivity index (χ0) is 22.1. The van der Waals surface area contributed by atoms with E-state index in [0.717, 1.165) is 41.9 Å². The van der Waals surface area contributed by atoms with Crippen molar-refractivity contribution in [3.05, 3.63) is 72.9 Å². The number of hydrogen-bond donors (Lipinski definition) is 1. The molecule has 3 aromatic rings. The average molecular weight is 420 g/mol. The molecular formula is C26H33N3O2. The van der Waals surface area contributed by atoms with Gasteiger partial charge in [-0.05, 0) is 75.0 Å². The summed E-state index contributed by atoms with van der Waals surface area (Å²) in [5.41, 5.74) is 2.54. The summed E-state index contributed by atoms with van der Waals surface area (Å²) in [4.78, 5) is 19.9. The third kappa shape index (κ3) is 6.46. The van der Waals surface area contributed by atoms with Crippen molar-refractivity contribution in [2.75, 3.05) is 38.7 Å². The molecule has 0 atom stereocenters. The van der Waals surface area contributed by atoms with Crippen LogP contribution in [0.4, 0.5) is 5.69 Å². The standard InChI is InChI=1S/C26H33N3O2/c1-4-17-28(2)18-7-5-6-8-19-31-24-12-10-23(11-13-24)29(3)26(30)22-9-14-25-21(20-22)15-16-27-25/h4,9-16,20,27H,1,5-8,17-19H2,2-3H3. The molecule has 0 aliphatic heterocycles. The molecule has 0 fully saturated rings. The number of aromatic nitrogens is 1. The molecule has 0 saturated carbocycles. The van der Waals surface area contributed by atoms with Crippen LogP contribution in [0, 0.1) is 0 Å².